The van der Waals surface area contributed by atoms with E-state index in [1.165, 1.54) is 0 Å². The van der Waals surface area contributed by atoms with Crippen LogP contribution in [0.1, 0.15) is 25.7 Å². The second-order valence-corrected chi connectivity index (χ2v) is 4.98. The minimum absolute atomic E-state index is 0.105. The molecule has 1 aliphatic carbocycles. The van der Waals surface area contributed by atoms with Crippen LogP contribution in [0.3, 0.4) is 0 Å². The zero-order valence-electron chi connectivity index (χ0n) is 10.3. The predicted molar refractivity (Wildman–Crippen MR) is 64.2 cm³/mol. The molecule has 2 aliphatic heterocycles. The van der Waals surface area contributed by atoms with Crippen molar-refractivity contribution in [2.45, 2.75) is 50.1 Å². The summed E-state index contributed by atoms with van der Waals surface area (Å²) in [4.78, 5) is 10.5. The van der Waals surface area contributed by atoms with Gasteiger partial charge in [0.1, 0.15) is 6.10 Å². The number of aliphatic hydroxyl groups is 1. The van der Waals surface area contributed by atoms with Crippen LogP contribution >= 0.6 is 0 Å². The molecule has 3 fully saturated rings. The first kappa shape index (κ1) is 13.5. The first-order valence-electron chi connectivity index (χ1n) is 6.41. The van der Waals surface area contributed by atoms with Gasteiger partial charge in [-0.25, -0.2) is 0 Å². The fourth-order valence-corrected chi connectivity index (χ4v) is 2.34. The number of ether oxygens (including phenoxy) is 2. The van der Waals surface area contributed by atoms with Crippen molar-refractivity contribution in [3.8, 4) is 0 Å². The smallest absolute Gasteiger partial charge is 0.306 e. The predicted octanol–water partition coefficient (Wildman–Crippen LogP) is 0.961. The molecule has 0 aromatic carbocycles. The molecule has 3 rings (SSSR count). The zero-order valence-corrected chi connectivity index (χ0v) is 10.3. The summed E-state index contributed by atoms with van der Waals surface area (Å²) in [6.07, 6.45) is 6.22. The highest BCUT2D eigenvalue weighted by Gasteiger charge is 2.45. The Bertz CT molecular complexity index is 317. The Kier molecular flexibility index (Phi) is 4.37. The Morgan fingerprint density at radius 2 is 2.06 bits per heavy atom. The lowest BCUT2D eigenvalue weighted by atomic mass is 9.90. The van der Waals surface area contributed by atoms with Crippen molar-refractivity contribution in [1.29, 1.82) is 0 Å². The lowest BCUT2D eigenvalue weighted by Gasteiger charge is -2.12. The van der Waals surface area contributed by atoms with Crippen molar-refractivity contribution in [2.24, 2.45) is 5.92 Å². The summed E-state index contributed by atoms with van der Waals surface area (Å²) in [5.74, 6) is -0.794. The van der Waals surface area contributed by atoms with Crippen LogP contribution in [0, 0.1) is 5.92 Å². The molecule has 0 amide bonds. The number of hydrogen-bond acceptors (Lipinski definition) is 4. The molecule has 18 heavy (non-hydrogen) atoms. The van der Waals surface area contributed by atoms with Crippen LogP contribution in [0.2, 0.25) is 0 Å². The van der Waals surface area contributed by atoms with E-state index in [1.54, 1.807) is 6.08 Å². The number of hydrogen-bond donors (Lipinski definition) is 2. The van der Waals surface area contributed by atoms with Crippen molar-refractivity contribution < 1.29 is 24.5 Å². The minimum atomic E-state index is -0.658. The minimum Gasteiger partial charge on any atom is -0.481 e. The molecule has 5 atom stereocenters. The standard InChI is InChI=1S/C7H10O3.C6H10O2/c8-7(9)4-1-2-5-6(3-4)10-5;1-2-3-5-6(4-7)8-5/h4-6H,1-3H2,(H,8,9);2,5-7H,1,3-4H2. The van der Waals surface area contributed by atoms with Crippen molar-refractivity contribution >= 4 is 5.97 Å². The topological polar surface area (TPSA) is 82.6 Å². The van der Waals surface area contributed by atoms with Gasteiger partial charge in [0, 0.05) is 0 Å². The second kappa shape index (κ2) is 5.82. The molecule has 102 valence electrons. The van der Waals surface area contributed by atoms with Gasteiger partial charge in [0.05, 0.1) is 30.8 Å². The van der Waals surface area contributed by atoms with Gasteiger partial charge in [-0.05, 0) is 25.7 Å². The fraction of sp³-hybridized carbons (Fsp3) is 0.769. The van der Waals surface area contributed by atoms with Gasteiger partial charge in [-0.15, -0.1) is 6.58 Å². The Morgan fingerprint density at radius 1 is 1.28 bits per heavy atom. The molecule has 0 radical (unpaired) electrons. The Balaban J connectivity index is 0.000000138. The second-order valence-electron chi connectivity index (χ2n) is 4.98. The number of carbonyl (C=O) groups is 1. The van der Waals surface area contributed by atoms with Gasteiger partial charge < -0.3 is 19.7 Å². The third kappa shape index (κ3) is 3.54. The summed E-state index contributed by atoms with van der Waals surface area (Å²) in [5, 5.41) is 17.1. The first-order valence-corrected chi connectivity index (χ1v) is 6.41. The molecule has 0 aromatic rings. The molecule has 2 saturated heterocycles. The molecular weight excluding hydrogens is 236 g/mol. The number of aliphatic hydroxyl groups excluding tert-OH is 1. The van der Waals surface area contributed by atoms with E-state index >= 15 is 0 Å². The van der Waals surface area contributed by atoms with Gasteiger partial charge in [-0.1, -0.05) is 6.08 Å². The summed E-state index contributed by atoms with van der Waals surface area (Å²) in [6.45, 7) is 3.70. The maximum absolute atomic E-state index is 10.5. The van der Waals surface area contributed by atoms with Crippen LogP contribution in [-0.2, 0) is 14.3 Å². The number of epoxide rings is 2. The van der Waals surface area contributed by atoms with Crippen LogP contribution in [-0.4, -0.2) is 47.2 Å². The number of carboxylic acids is 1. The van der Waals surface area contributed by atoms with Crippen molar-refractivity contribution in [3.63, 3.8) is 0 Å². The highest BCUT2D eigenvalue weighted by Crippen LogP contribution is 2.39. The average Bonchev–Trinajstić information content (AvgIpc) is 3.24. The van der Waals surface area contributed by atoms with Crippen LogP contribution in [0.5, 0.6) is 0 Å². The molecule has 0 bridgehead atoms. The fourth-order valence-electron chi connectivity index (χ4n) is 2.34. The quantitative estimate of drug-likeness (QED) is 0.578. The van der Waals surface area contributed by atoms with Gasteiger partial charge in [0.2, 0.25) is 0 Å². The van der Waals surface area contributed by atoms with Crippen LogP contribution in [0.4, 0.5) is 0 Å². The maximum Gasteiger partial charge on any atom is 0.306 e. The van der Waals surface area contributed by atoms with Crippen molar-refractivity contribution in [1.82, 2.24) is 0 Å². The van der Waals surface area contributed by atoms with E-state index in [-0.39, 0.29) is 30.8 Å². The largest absolute Gasteiger partial charge is 0.481 e. The molecule has 2 N–H and O–H groups in total. The van der Waals surface area contributed by atoms with E-state index < -0.39 is 5.97 Å². The number of fused-ring (bicyclic) bond motifs is 1. The van der Waals surface area contributed by atoms with E-state index in [0.717, 1.165) is 25.7 Å². The average molecular weight is 256 g/mol. The molecule has 2 heterocycles. The molecule has 5 nitrogen and oxygen atoms in total. The number of rotatable bonds is 4. The summed E-state index contributed by atoms with van der Waals surface area (Å²) in [5.41, 5.74) is 0. The Hall–Kier alpha value is -0.910. The highest BCUT2D eigenvalue weighted by molar-refractivity contribution is 5.70. The lowest BCUT2D eigenvalue weighted by Crippen LogP contribution is -2.21. The first-order chi connectivity index (χ1) is 8.65. The van der Waals surface area contributed by atoms with Crippen molar-refractivity contribution in [3.05, 3.63) is 12.7 Å². The van der Waals surface area contributed by atoms with Crippen molar-refractivity contribution in [2.75, 3.05) is 6.61 Å². The summed E-state index contributed by atoms with van der Waals surface area (Å²) >= 11 is 0. The van der Waals surface area contributed by atoms with E-state index in [2.05, 4.69) is 6.58 Å². The summed E-state index contributed by atoms with van der Waals surface area (Å²) < 4.78 is 10.2. The highest BCUT2D eigenvalue weighted by atomic mass is 16.6. The molecular formula is C13H20O5. The van der Waals surface area contributed by atoms with Gasteiger partial charge in [-0.2, -0.15) is 0 Å². The van der Waals surface area contributed by atoms with Crippen LogP contribution in [0.25, 0.3) is 0 Å². The maximum atomic E-state index is 10.5. The van der Waals surface area contributed by atoms with Crippen LogP contribution in [0.15, 0.2) is 12.7 Å². The van der Waals surface area contributed by atoms with Gasteiger partial charge in [-0.3, -0.25) is 4.79 Å². The third-order valence-electron chi connectivity index (χ3n) is 3.62. The lowest BCUT2D eigenvalue weighted by molar-refractivity contribution is -0.142. The van der Waals surface area contributed by atoms with E-state index in [1.807, 2.05) is 0 Å². The molecule has 0 aromatic heterocycles. The molecule has 0 spiro atoms. The zero-order chi connectivity index (χ0) is 13.1. The summed E-state index contributed by atoms with van der Waals surface area (Å²) in [6, 6.07) is 0. The number of carboxylic acid groups (broad SMARTS) is 1. The molecule has 3 aliphatic rings. The van der Waals surface area contributed by atoms with Gasteiger partial charge in [0.25, 0.3) is 0 Å². The van der Waals surface area contributed by atoms with Crippen LogP contribution < -0.4 is 0 Å². The molecule has 5 unspecified atom stereocenters. The normalized spacial score (nSPS) is 39.9. The monoisotopic (exact) mass is 256 g/mol. The van der Waals surface area contributed by atoms with Gasteiger partial charge in [0.15, 0.2) is 0 Å². The molecule has 5 heteroatoms. The Labute approximate surface area is 106 Å². The van der Waals surface area contributed by atoms with E-state index in [4.69, 9.17) is 19.7 Å². The van der Waals surface area contributed by atoms with Gasteiger partial charge >= 0.3 is 5.97 Å². The Morgan fingerprint density at radius 3 is 2.56 bits per heavy atom. The SMILES string of the molecule is C=CCC1OC1CO.O=C(O)C1CCC2OC2C1. The van der Waals surface area contributed by atoms with E-state index in [9.17, 15) is 4.79 Å². The van der Waals surface area contributed by atoms with E-state index in [0.29, 0.717) is 6.10 Å². The third-order valence-corrected chi connectivity index (χ3v) is 3.62. The summed E-state index contributed by atoms with van der Waals surface area (Å²) in [7, 11) is 0. The number of aliphatic carboxylic acids is 1. The molecule has 1 saturated carbocycles.